The van der Waals surface area contributed by atoms with Crippen molar-refractivity contribution in [1.29, 1.82) is 0 Å². The summed E-state index contributed by atoms with van der Waals surface area (Å²) < 4.78 is 43.1. The van der Waals surface area contributed by atoms with Crippen LogP contribution in [0.15, 0.2) is 317 Å². The van der Waals surface area contributed by atoms with Crippen LogP contribution in [0.4, 0.5) is 0 Å². The van der Waals surface area contributed by atoms with Gasteiger partial charge in [-0.05, 0) is 116 Å². The Morgan fingerprint density at radius 3 is 0.798 bits per heavy atom. The van der Waals surface area contributed by atoms with E-state index in [-0.39, 0.29) is 0 Å². The van der Waals surface area contributed by atoms with Crippen LogP contribution >= 0.6 is 83.0 Å². The predicted molar refractivity (Wildman–Crippen MR) is 356 cm³/mol. The Morgan fingerprint density at radius 2 is 0.536 bits per heavy atom. The van der Waals surface area contributed by atoms with Crippen LogP contribution in [0.5, 0.6) is 11.5 Å². The Hall–Kier alpha value is -6.91. The molecule has 15 rings (SSSR count). The smallest absolute Gasteiger partial charge is 0.418 e. The van der Waals surface area contributed by atoms with Gasteiger partial charge in [-0.15, -0.1) is 12.1 Å². The number of hydrogen-bond donors (Lipinski definition) is 0. The number of halogens is 1. The van der Waals surface area contributed by atoms with Gasteiger partial charge < -0.3 is 25.8 Å². The summed E-state index contributed by atoms with van der Waals surface area (Å²) >= 11 is 11.3. The quantitative estimate of drug-likeness (QED) is 0.0671. The van der Waals surface area contributed by atoms with Gasteiger partial charge >= 0.3 is 51.6 Å². The van der Waals surface area contributed by atoms with Gasteiger partial charge in [0.15, 0.2) is 22.3 Å². The van der Waals surface area contributed by atoms with Crippen LogP contribution in [0.1, 0.15) is 0 Å². The molecule has 0 saturated carbocycles. The van der Waals surface area contributed by atoms with Gasteiger partial charge in [0.2, 0.25) is 0 Å². The van der Waals surface area contributed by atoms with E-state index >= 15 is 0 Å². The van der Waals surface area contributed by atoms with Gasteiger partial charge in [-0.25, -0.2) is 0 Å². The molecule has 0 saturated heterocycles. The molecule has 0 spiro atoms. The van der Waals surface area contributed by atoms with Crippen LogP contribution < -0.4 is 9.05 Å². The minimum Gasteiger partial charge on any atom is -0.418 e. The molecule has 0 fully saturated rings. The minimum atomic E-state index is -2.21. The molecule has 410 valence electrons. The second-order valence-electron chi connectivity index (χ2n) is 19.2. The molecule has 0 atom stereocenters. The average molecular weight is 1400 g/mol. The van der Waals surface area contributed by atoms with E-state index in [0.29, 0.717) is 33.8 Å². The zero-order valence-electron chi connectivity index (χ0n) is 44.0. The van der Waals surface area contributed by atoms with E-state index in [9.17, 15) is 0 Å². The van der Waals surface area contributed by atoms with Gasteiger partial charge in [-0.1, -0.05) is 223 Å². The number of hydrogen-bond acceptors (Lipinski definition) is 10. The number of fused-ring (bicyclic) bond motifs is 14. The molecule has 15 aromatic rings. The predicted octanol–water partition coefficient (Wildman–Crippen LogP) is 24.5. The molecule has 0 amide bonds. The molecule has 0 aliphatic rings. The van der Waals surface area contributed by atoms with Crippen molar-refractivity contribution < 1.29 is 41.4 Å². The van der Waals surface area contributed by atoms with Crippen molar-refractivity contribution >= 4 is 170 Å². The Bertz CT molecular complexity index is 4420. The van der Waals surface area contributed by atoms with E-state index in [0.717, 1.165) is 104 Å². The van der Waals surface area contributed by atoms with Crippen LogP contribution in [0.2, 0.25) is 0 Å². The molecule has 14 heteroatoms. The van der Waals surface area contributed by atoms with Gasteiger partial charge in [0.1, 0.15) is 0 Å². The third kappa shape index (κ3) is 11.3. The Balaban J connectivity index is 0.00000310. The zero-order chi connectivity index (χ0) is 56.3. The fourth-order valence-corrected chi connectivity index (χ4v) is 16.7. The second-order valence-corrected chi connectivity index (χ2v) is 25.7. The molecular formula is C70H43IO6P2PdS4. The third-order valence-electron chi connectivity index (χ3n) is 14.0. The second kappa shape index (κ2) is 25.0. The summed E-state index contributed by atoms with van der Waals surface area (Å²) in [4.78, 5) is 8.01. The molecule has 0 bridgehead atoms. The topological polar surface area (TPSA) is 71.0 Å². The van der Waals surface area contributed by atoms with Crippen LogP contribution in [0, 0.1) is 6.07 Å². The fourth-order valence-electron chi connectivity index (χ4n) is 10.4. The standard InChI is InChI=1S/C70H43O6P2S4.HI.Pd/c1-5-28-51(29-6-1)79-59-40-45-22-13-17-36-55(45)63-64-56-37-18-14-23-46(56)41-60(80-52-30-7-2-8-31-52)68(64)74-77(73-67(59)63)71-49-26-21-27-50(44-49)72-78-75-69-61(81-53-32-9-3-10-33-53)42-47-24-15-19-38-57(47)65(69)66-58-39-20-16-25-48(58)43-62(70(66)76-78)82-54-34-11-4-12-35-54;;/h1-43H;1H;/q-1;;+2/p-1. The Morgan fingerprint density at radius 1 is 0.298 bits per heavy atom. The van der Waals surface area contributed by atoms with Crippen molar-refractivity contribution in [3.8, 4) is 11.5 Å². The molecule has 0 aliphatic carbocycles. The molecule has 0 radical (unpaired) electrons. The molecule has 13 aromatic carbocycles. The normalized spacial score (nSPS) is 11.4. The van der Waals surface area contributed by atoms with Gasteiger partial charge in [0, 0.05) is 52.6 Å². The van der Waals surface area contributed by atoms with E-state index in [1.165, 1.54) is 0 Å². The Labute approximate surface area is 524 Å². The SMILES string of the molecule is [Pd+][I].[c-]1c(Op2oc3c(Sc4ccccc4)cc4ccccc4c3c3c(o2)c(Sc2ccccc2)cc2ccccc23)cccc1Op1oc2c(Sc3ccccc3)cc3ccccc3c2c2c(o1)c(Sc1ccccc1)cc1ccccc12. The summed E-state index contributed by atoms with van der Waals surface area (Å²) in [5.41, 5.74) is 2.69. The van der Waals surface area contributed by atoms with Crippen LogP contribution in [-0.4, -0.2) is 0 Å². The van der Waals surface area contributed by atoms with Gasteiger partial charge in [0.05, 0.1) is 19.6 Å². The summed E-state index contributed by atoms with van der Waals surface area (Å²) in [6.45, 7) is 0. The van der Waals surface area contributed by atoms with E-state index < -0.39 is 16.5 Å². The first kappa shape index (κ1) is 55.0. The summed E-state index contributed by atoms with van der Waals surface area (Å²) in [6.07, 6.45) is 0. The van der Waals surface area contributed by atoms with Crippen molar-refractivity contribution in [2.75, 3.05) is 0 Å². The minimum absolute atomic E-state index is 0.355. The molecule has 6 nitrogen and oxygen atoms in total. The molecule has 84 heavy (non-hydrogen) atoms. The monoisotopic (exact) mass is 1400 g/mol. The van der Waals surface area contributed by atoms with E-state index in [1.807, 2.05) is 62.0 Å². The average Bonchev–Trinajstić information content (AvgIpc) is 3.29. The van der Waals surface area contributed by atoms with Crippen molar-refractivity contribution in [2.24, 2.45) is 0 Å². The summed E-state index contributed by atoms with van der Waals surface area (Å²) in [5.74, 6) is 0.709. The Kier molecular flexibility index (Phi) is 16.3. The number of benzene rings is 13. The third-order valence-corrected chi connectivity index (χ3v) is 20.1. The maximum absolute atomic E-state index is 7.27. The largest absolute Gasteiger partial charge is 0.451 e. The van der Waals surface area contributed by atoms with E-state index in [2.05, 4.69) is 240 Å². The van der Waals surface area contributed by atoms with Crippen molar-refractivity contribution in [3.05, 3.63) is 267 Å². The molecule has 0 unspecified atom stereocenters. The van der Waals surface area contributed by atoms with Crippen molar-refractivity contribution in [2.45, 2.75) is 39.2 Å². The molecule has 2 aromatic heterocycles. The van der Waals surface area contributed by atoms with Crippen LogP contribution in [0.25, 0.3) is 87.0 Å². The summed E-state index contributed by atoms with van der Waals surface area (Å²) in [5, 5.41) is 12.2. The zero-order valence-corrected chi connectivity index (χ0v) is 52.8. The first-order valence-corrected chi connectivity index (χ1v) is 36.7. The van der Waals surface area contributed by atoms with Gasteiger partial charge in [-0.3, -0.25) is 0 Å². The number of rotatable bonds is 12. The van der Waals surface area contributed by atoms with Gasteiger partial charge in [0.25, 0.3) is 0 Å². The molecular weight excluding hydrogens is 1360 g/mol. The maximum Gasteiger partial charge on any atom is 0.451 e. The molecule has 0 N–H and O–H groups in total. The fraction of sp³-hybridized carbons (Fsp3) is 0. The van der Waals surface area contributed by atoms with Crippen LogP contribution in [-0.2, 0) is 15.6 Å². The van der Waals surface area contributed by atoms with Gasteiger partial charge in [-0.2, -0.15) is 6.07 Å². The molecule has 2 heterocycles. The van der Waals surface area contributed by atoms with Crippen molar-refractivity contribution in [3.63, 3.8) is 0 Å². The summed E-state index contributed by atoms with van der Waals surface area (Å²) in [7, 11) is -4.43. The summed E-state index contributed by atoms with van der Waals surface area (Å²) in [6, 6.07) is 93.4. The first-order valence-electron chi connectivity index (χ1n) is 26.6. The van der Waals surface area contributed by atoms with E-state index in [4.69, 9.17) is 25.8 Å². The maximum atomic E-state index is 7.27. The first-order chi connectivity index (χ1) is 41.6. The molecule has 0 aliphatic heterocycles. The van der Waals surface area contributed by atoms with Crippen molar-refractivity contribution in [1.82, 2.24) is 0 Å². The van der Waals surface area contributed by atoms with Crippen LogP contribution in [0.3, 0.4) is 0 Å². The van der Waals surface area contributed by atoms with E-state index in [1.54, 1.807) is 47.0 Å².